The van der Waals surface area contributed by atoms with Crippen LogP contribution in [0.5, 0.6) is 0 Å². The minimum absolute atomic E-state index is 0.111. The summed E-state index contributed by atoms with van der Waals surface area (Å²) in [6.45, 7) is -0.472. The van der Waals surface area contributed by atoms with E-state index in [9.17, 15) is 8.78 Å². The number of alkyl halides is 2. The highest BCUT2D eigenvalue weighted by atomic mass is 35.5. The third-order valence-electron chi connectivity index (χ3n) is 2.32. The summed E-state index contributed by atoms with van der Waals surface area (Å²) in [7, 11) is 0. The van der Waals surface area contributed by atoms with Crippen molar-refractivity contribution in [1.29, 1.82) is 0 Å². The monoisotopic (exact) mass is 258 g/mol. The Morgan fingerprint density at radius 1 is 1.41 bits per heavy atom. The van der Waals surface area contributed by atoms with Gasteiger partial charge in [0.15, 0.2) is 0 Å². The van der Waals surface area contributed by atoms with Crippen LogP contribution in [0.15, 0.2) is 30.5 Å². The first kappa shape index (κ1) is 12.0. The topological polar surface area (TPSA) is 38.1 Å². The van der Waals surface area contributed by atoms with Crippen LogP contribution in [0.25, 0.3) is 5.69 Å². The molecule has 0 bridgehead atoms. The first-order valence-corrected chi connectivity index (χ1v) is 5.23. The van der Waals surface area contributed by atoms with E-state index in [4.69, 9.17) is 16.7 Å². The van der Waals surface area contributed by atoms with Crippen LogP contribution in [-0.4, -0.2) is 14.9 Å². The van der Waals surface area contributed by atoms with Gasteiger partial charge in [-0.1, -0.05) is 17.7 Å². The van der Waals surface area contributed by atoms with Crippen molar-refractivity contribution in [2.24, 2.45) is 0 Å². The zero-order valence-corrected chi connectivity index (χ0v) is 9.40. The Balaban J connectivity index is 2.56. The molecule has 0 saturated heterocycles. The minimum atomic E-state index is -2.71. The number of hydrogen-bond acceptors (Lipinski definition) is 2. The average Bonchev–Trinajstić information content (AvgIpc) is 2.72. The zero-order valence-electron chi connectivity index (χ0n) is 8.65. The molecule has 1 aromatic heterocycles. The van der Waals surface area contributed by atoms with Gasteiger partial charge in [0.25, 0.3) is 6.43 Å². The summed E-state index contributed by atoms with van der Waals surface area (Å²) in [5.74, 6) is 0. The lowest BCUT2D eigenvalue weighted by Gasteiger charge is -2.08. The van der Waals surface area contributed by atoms with Crippen LogP contribution in [0.4, 0.5) is 8.78 Å². The van der Waals surface area contributed by atoms with Crippen LogP contribution >= 0.6 is 11.6 Å². The number of benzene rings is 1. The molecule has 0 saturated carbocycles. The normalized spacial score (nSPS) is 11.1. The molecule has 1 N–H and O–H groups in total. The van der Waals surface area contributed by atoms with E-state index < -0.39 is 13.0 Å². The van der Waals surface area contributed by atoms with Gasteiger partial charge in [0.05, 0.1) is 18.5 Å². The molecule has 0 aliphatic carbocycles. The summed E-state index contributed by atoms with van der Waals surface area (Å²) < 4.78 is 26.9. The van der Waals surface area contributed by atoms with Gasteiger partial charge in [-0.2, -0.15) is 5.10 Å². The van der Waals surface area contributed by atoms with E-state index in [2.05, 4.69) is 5.10 Å². The minimum Gasteiger partial charge on any atom is -0.392 e. The molecule has 2 aromatic rings. The Labute approximate surface area is 101 Å². The van der Waals surface area contributed by atoms with Gasteiger partial charge in [-0.3, -0.25) is 0 Å². The first-order valence-electron chi connectivity index (χ1n) is 4.85. The maximum absolute atomic E-state index is 12.9. The molecule has 2 rings (SSSR count). The van der Waals surface area contributed by atoms with E-state index in [1.165, 1.54) is 12.3 Å². The van der Waals surface area contributed by atoms with Crippen molar-refractivity contribution in [2.45, 2.75) is 13.0 Å². The van der Waals surface area contributed by atoms with Gasteiger partial charge in [0.2, 0.25) is 0 Å². The summed E-state index contributed by atoms with van der Waals surface area (Å²) in [4.78, 5) is 0. The molecule has 0 unspecified atom stereocenters. The molecule has 0 aliphatic heterocycles. The standard InChI is InChI=1S/C11H9ClF2N2O/c12-8-2-1-3-9(4-8)16-10(11(13)14)7(6-17)5-15-16/h1-5,11,17H,6H2. The van der Waals surface area contributed by atoms with Gasteiger partial charge in [0.1, 0.15) is 5.69 Å². The SMILES string of the molecule is OCc1cnn(-c2cccc(Cl)c2)c1C(F)F. The number of aromatic nitrogens is 2. The molecule has 90 valence electrons. The number of hydrogen-bond donors (Lipinski definition) is 1. The van der Waals surface area contributed by atoms with Crippen LogP contribution in [0.3, 0.4) is 0 Å². The molecule has 0 fully saturated rings. The highest BCUT2D eigenvalue weighted by Crippen LogP contribution is 2.26. The number of halogens is 3. The van der Waals surface area contributed by atoms with Crippen molar-refractivity contribution in [2.75, 3.05) is 0 Å². The third-order valence-corrected chi connectivity index (χ3v) is 2.55. The summed E-state index contributed by atoms with van der Waals surface area (Å²) in [5, 5.41) is 13.2. The highest BCUT2D eigenvalue weighted by Gasteiger charge is 2.20. The Morgan fingerprint density at radius 3 is 2.76 bits per heavy atom. The average molecular weight is 259 g/mol. The fourth-order valence-corrected chi connectivity index (χ4v) is 1.74. The highest BCUT2D eigenvalue weighted by molar-refractivity contribution is 6.30. The van der Waals surface area contributed by atoms with Crippen molar-refractivity contribution in [3.8, 4) is 5.69 Å². The van der Waals surface area contributed by atoms with E-state index >= 15 is 0 Å². The van der Waals surface area contributed by atoms with Gasteiger partial charge in [0, 0.05) is 10.6 Å². The molecule has 3 nitrogen and oxygen atoms in total. The smallest absolute Gasteiger partial charge is 0.280 e. The van der Waals surface area contributed by atoms with Gasteiger partial charge in [-0.05, 0) is 18.2 Å². The third kappa shape index (κ3) is 2.30. The largest absolute Gasteiger partial charge is 0.392 e. The van der Waals surface area contributed by atoms with Gasteiger partial charge in [-0.15, -0.1) is 0 Å². The molecule has 17 heavy (non-hydrogen) atoms. The molecule has 0 amide bonds. The maximum atomic E-state index is 12.9. The van der Waals surface area contributed by atoms with E-state index in [1.54, 1.807) is 18.2 Å². The van der Waals surface area contributed by atoms with E-state index in [0.717, 1.165) is 4.68 Å². The molecule has 6 heteroatoms. The first-order chi connectivity index (χ1) is 8.13. The molecule has 1 heterocycles. The van der Waals surface area contributed by atoms with Crippen molar-refractivity contribution in [3.05, 3.63) is 46.7 Å². The maximum Gasteiger partial charge on any atom is 0.280 e. The Kier molecular flexibility index (Phi) is 3.40. The van der Waals surface area contributed by atoms with Gasteiger partial charge in [-0.25, -0.2) is 13.5 Å². The van der Waals surface area contributed by atoms with Gasteiger partial charge >= 0.3 is 0 Å². The second-order valence-electron chi connectivity index (χ2n) is 3.41. The molecule has 0 atom stereocenters. The van der Waals surface area contributed by atoms with Crippen LogP contribution in [0, 0.1) is 0 Å². The summed E-state index contributed by atoms with van der Waals surface area (Å²) in [6, 6.07) is 6.43. The van der Waals surface area contributed by atoms with E-state index in [-0.39, 0.29) is 11.3 Å². The predicted octanol–water partition coefficient (Wildman–Crippen LogP) is 2.96. The number of aliphatic hydroxyl groups is 1. The quantitative estimate of drug-likeness (QED) is 0.919. The van der Waals surface area contributed by atoms with Gasteiger partial charge < -0.3 is 5.11 Å². The second kappa shape index (κ2) is 4.81. The Hall–Kier alpha value is -1.46. The van der Waals surface area contributed by atoms with E-state index in [1.807, 2.05) is 0 Å². The molecule has 0 aliphatic rings. The summed E-state index contributed by atoms with van der Waals surface area (Å²) in [5.41, 5.74) is 0.238. The zero-order chi connectivity index (χ0) is 12.4. The Bertz CT molecular complexity index is 528. The van der Waals surface area contributed by atoms with Crippen LogP contribution in [0.2, 0.25) is 5.02 Å². The van der Waals surface area contributed by atoms with Crippen molar-refractivity contribution >= 4 is 11.6 Å². The summed E-state index contributed by atoms with van der Waals surface area (Å²) in [6.07, 6.45) is -1.48. The van der Waals surface area contributed by atoms with E-state index in [0.29, 0.717) is 10.7 Å². The van der Waals surface area contributed by atoms with Crippen LogP contribution in [-0.2, 0) is 6.61 Å². The fourth-order valence-electron chi connectivity index (χ4n) is 1.56. The predicted molar refractivity (Wildman–Crippen MR) is 59.5 cm³/mol. The van der Waals surface area contributed by atoms with Crippen molar-refractivity contribution in [1.82, 2.24) is 9.78 Å². The lowest BCUT2D eigenvalue weighted by atomic mass is 10.2. The fraction of sp³-hybridized carbons (Fsp3) is 0.182. The second-order valence-corrected chi connectivity index (χ2v) is 3.84. The Morgan fingerprint density at radius 2 is 2.18 bits per heavy atom. The molecular formula is C11H9ClF2N2O. The number of rotatable bonds is 3. The lowest BCUT2D eigenvalue weighted by Crippen LogP contribution is -2.04. The molecule has 0 spiro atoms. The molecular weight excluding hydrogens is 250 g/mol. The number of aliphatic hydroxyl groups excluding tert-OH is 1. The lowest BCUT2D eigenvalue weighted by molar-refractivity contribution is 0.138. The summed E-state index contributed by atoms with van der Waals surface area (Å²) >= 11 is 5.79. The number of nitrogens with zero attached hydrogens (tertiary/aromatic N) is 2. The molecule has 0 radical (unpaired) electrons. The van der Waals surface area contributed by atoms with Crippen molar-refractivity contribution in [3.63, 3.8) is 0 Å². The molecule has 1 aromatic carbocycles. The van der Waals surface area contributed by atoms with Crippen LogP contribution in [0.1, 0.15) is 17.7 Å². The van der Waals surface area contributed by atoms with Crippen LogP contribution < -0.4 is 0 Å². The van der Waals surface area contributed by atoms with Crippen molar-refractivity contribution < 1.29 is 13.9 Å².